The number of benzene rings is 1. The second-order valence-corrected chi connectivity index (χ2v) is 5.27. The summed E-state index contributed by atoms with van der Waals surface area (Å²) in [6.45, 7) is 4.47. The van der Waals surface area contributed by atoms with Crippen LogP contribution in [0, 0.1) is 6.92 Å². The van der Waals surface area contributed by atoms with Crippen molar-refractivity contribution in [3.63, 3.8) is 0 Å². The quantitative estimate of drug-likeness (QED) is 0.928. The summed E-state index contributed by atoms with van der Waals surface area (Å²) >= 11 is 0. The Morgan fingerprint density at radius 3 is 2.85 bits per heavy atom. The fourth-order valence-corrected chi connectivity index (χ4v) is 3.03. The van der Waals surface area contributed by atoms with E-state index in [-0.39, 0.29) is 6.54 Å². The molecule has 2 aromatic rings. The molecule has 5 heteroatoms. The Morgan fingerprint density at radius 1 is 1.35 bits per heavy atom. The van der Waals surface area contributed by atoms with Gasteiger partial charge in [-0.15, -0.1) is 0 Å². The molecule has 0 fully saturated rings. The minimum Gasteiger partial charge on any atom is -0.497 e. The molecule has 0 spiro atoms. The predicted molar refractivity (Wildman–Crippen MR) is 76.1 cm³/mol. The van der Waals surface area contributed by atoms with Crippen LogP contribution in [0.1, 0.15) is 11.3 Å². The maximum absolute atomic E-state index is 10.8. The number of methoxy groups -OCH3 is 1. The van der Waals surface area contributed by atoms with E-state index >= 15 is 0 Å². The van der Waals surface area contributed by atoms with Crippen molar-refractivity contribution >= 4 is 16.9 Å². The number of hydrogen-bond acceptors (Lipinski definition) is 3. The van der Waals surface area contributed by atoms with Gasteiger partial charge in [0.15, 0.2) is 0 Å². The normalized spacial score (nSPS) is 15.3. The Balaban J connectivity index is 2.02. The molecule has 106 valence electrons. The number of hydrogen-bond donors (Lipinski definition) is 1. The Labute approximate surface area is 117 Å². The summed E-state index contributed by atoms with van der Waals surface area (Å²) in [6, 6.07) is 6.22. The number of carbonyl (C=O) groups is 1. The molecule has 20 heavy (non-hydrogen) atoms. The Hall–Kier alpha value is -2.01. The average Bonchev–Trinajstić information content (AvgIpc) is 2.75. The van der Waals surface area contributed by atoms with E-state index in [0.717, 1.165) is 24.2 Å². The van der Waals surface area contributed by atoms with E-state index in [0.29, 0.717) is 6.54 Å². The van der Waals surface area contributed by atoms with Crippen LogP contribution in [-0.2, 0) is 17.9 Å². The Kier molecular flexibility index (Phi) is 3.14. The number of carboxylic acid groups (broad SMARTS) is 1. The minimum absolute atomic E-state index is 0.101. The number of aromatic nitrogens is 1. The van der Waals surface area contributed by atoms with E-state index in [4.69, 9.17) is 9.84 Å². The van der Waals surface area contributed by atoms with Crippen molar-refractivity contribution < 1.29 is 14.6 Å². The Bertz CT molecular complexity index is 675. The zero-order valence-corrected chi connectivity index (χ0v) is 11.7. The highest BCUT2D eigenvalue weighted by Crippen LogP contribution is 2.30. The van der Waals surface area contributed by atoms with E-state index in [2.05, 4.69) is 17.6 Å². The van der Waals surface area contributed by atoms with Gasteiger partial charge in [0, 0.05) is 30.7 Å². The van der Waals surface area contributed by atoms with Crippen molar-refractivity contribution in [2.45, 2.75) is 20.0 Å². The lowest BCUT2D eigenvalue weighted by atomic mass is 10.1. The number of rotatable bonds is 3. The van der Waals surface area contributed by atoms with E-state index in [1.807, 2.05) is 17.0 Å². The largest absolute Gasteiger partial charge is 0.497 e. The van der Waals surface area contributed by atoms with Crippen LogP contribution in [0.3, 0.4) is 0 Å². The first-order valence-corrected chi connectivity index (χ1v) is 6.69. The first-order valence-electron chi connectivity index (χ1n) is 6.69. The van der Waals surface area contributed by atoms with Gasteiger partial charge in [0.05, 0.1) is 19.2 Å². The topological polar surface area (TPSA) is 54.7 Å². The maximum atomic E-state index is 10.8. The summed E-state index contributed by atoms with van der Waals surface area (Å²) in [6.07, 6.45) is 0. The second kappa shape index (κ2) is 4.83. The summed E-state index contributed by atoms with van der Waals surface area (Å²) in [5.74, 6) is 0.0905. The molecule has 5 nitrogen and oxygen atoms in total. The highest BCUT2D eigenvalue weighted by molar-refractivity contribution is 5.86. The van der Waals surface area contributed by atoms with Crippen molar-refractivity contribution in [2.24, 2.45) is 0 Å². The molecular formula is C15H18N2O3. The van der Waals surface area contributed by atoms with Gasteiger partial charge in [-0.25, -0.2) is 0 Å². The molecule has 3 rings (SSSR count). The fourth-order valence-electron chi connectivity index (χ4n) is 3.03. The van der Waals surface area contributed by atoms with Gasteiger partial charge in [-0.3, -0.25) is 9.69 Å². The zero-order chi connectivity index (χ0) is 14.3. The molecule has 2 heterocycles. The van der Waals surface area contributed by atoms with Crippen molar-refractivity contribution in [1.29, 1.82) is 0 Å². The van der Waals surface area contributed by atoms with Crippen molar-refractivity contribution in [2.75, 3.05) is 20.2 Å². The second-order valence-electron chi connectivity index (χ2n) is 5.27. The van der Waals surface area contributed by atoms with Crippen LogP contribution in [0.15, 0.2) is 18.2 Å². The van der Waals surface area contributed by atoms with Gasteiger partial charge in [-0.05, 0) is 30.7 Å². The molecule has 0 bridgehead atoms. The van der Waals surface area contributed by atoms with Crippen LogP contribution in [-0.4, -0.2) is 40.7 Å². The summed E-state index contributed by atoms with van der Waals surface area (Å²) in [5.41, 5.74) is 3.59. The highest BCUT2D eigenvalue weighted by atomic mass is 16.5. The zero-order valence-electron chi connectivity index (χ0n) is 11.7. The average molecular weight is 274 g/mol. The van der Waals surface area contributed by atoms with Crippen LogP contribution in [0.5, 0.6) is 5.75 Å². The minimum atomic E-state index is -0.771. The number of aryl methyl sites for hydroxylation is 1. The van der Waals surface area contributed by atoms with E-state index in [1.54, 1.807) is 7.11 Å². The molecular weight excluding hydrogens is 256 g/mol. The SMILES string of the molecule is COc1cc(C)c2c(c1)cc1n2CCN(CC(=O)O)C1. The molecule has 0 atom stereocenters. The van der Waals surface area contributed by atoms with E-state index < -0.39 is 5.97 Å². The van der Waals surface area contributed by atoms with Crippen LogP contribution >= 0.6 is 0 Å². The Morgan fingerprint density at radius 2 is 2.15 bits per heavy atom. The van der Waals surface area contributed by atoms with Crippen molar-refractivity contribution in [1.82, 2.24) is 9.47 Å². The highest BCUT2D eigenvalue weighted by Gasteiger charge is 2.21. The molecule has 0 saturated heterocycles. The third-order valence-electron chi connectivity index (χ3n) is 3.86. The lowest BCUT2D eigenvalue weighted by Crippen LogP contribution is -2.36. The number of fused-ring (bicyclic) bond motifs is 3. The van der Waals surface area contributed by atoms with Crippen LogP contribution in [0.2, 0.25) is 0 Å². The standard InChI is InChI=1S/C15H18N2O3/c1-10-5-13(20-2)7-11-6-12-8-16(9-14(18)19)3-4-17(12)15(10)11/h5-7H,3-4,8-9H2,1-2H3,(H,18,19). The molecule has 1 aromatic carbocycles. The third-order valence-corrected chi connectivity index (χ3v) is 3.86. The monoisotopic (exact) mass is 274 g/mol. The van der Waals surface area contributed by atoms with E-state index in [9.17, 15) is 4.79 Å². The van der Waals surface area contributed by atoms with Gasteiger partial charge in [-0.1, -0.05) is 0 Å². The van der Waals surface area contributed by atoms with Crippen LogP contribution in [0.25, 0.3) is 10.9 Å². The lowest BCUT2D eigenvalue weighted by molar-refractivity contribution is -0.138. The van der Waals surface area contributed by atoms with Gasteiger partial charge in [-0.2, -0.15) is 0 Å². The number of ether oxygens (including phenoxy) is 1. The van der Waals surface area contributed by atoms with Crippen molar-refractivity contribution in [3.05, 3.63) is 29.5 Å². The van der Waals surface area contributed by atoms with Gasteiger partial charge < -0.3 is 14.4 Å². The number of nitrogens with zero attached hydrogens (tertiary/aromatic N) is 2. The van der Waals surface area contributed by atoms with Gasteiger partial charge >= 0.3 is 5.97 Å². The van der Waals surface area contributed by atoms with Gasteiger partial charge in [0.1, 0.15) is 5.75 Å². The summed E-state index contributed by atoms with van der Waals surface area (Å²) in [4.78, 5) is 12.8. The lowest BCUT2D eigenvalue weighted by Gasteiger charge is -2.27. The summed E-state index contributed by atoms with van der Waals surface area (Å²) < 4.78 is 7.61. The van der Waals surface area contributed by atoms with Gasteiger partial charge in [0.2, 0.25) is 0 Å². The fraction of sp³-hybridized carbons (Fsp3) is 0.400. The molecule has 1 aromatic heterocycles. The summed E-state index contributed by atoms with van der Waals surface area (Å²) in [5, 5.41) is 10.1. The maximum Gasteiger partial charge on any atom is 0.317 e. The molecule has 1 aliphatic heterocycles. The number of carboxylic acids is 1. The van der Waals surface area contributed by atoms with Gasteiger partial charge in [0.25, 0.3) is 0 Å². The molecule has 1 aliphatic rings. The van der Waals surface area contributed by atoms with Crippen LogP contribution in [0.4, 0.5) is 0 Å². The molecule has 0 unspecified atom stereocenters. The predicted octanol–water partition coefficient (Wildman–Crippen LogP) is 1.86. The van der Waals surface area contributed by atoms with Crippen molar-refractivity contribution in [3.8, 4) is 5.75 Å². The molecule has 0 amide bonds. The first-order chi connectivity index (χ1) is 9.58. The molecule has 0 aliphatic carbocycles. The molecule has 0 saturated carbocycles. The summed E-state index contributed by atoms with van der Waals surface area (Å²) in [7, 11) is 1.67. The van der Waals surface area contributed by atoms with E-state index in [1.165, 1.54) is 16.8 Å². The smallest absolute Gasteiger partial charge is 0.317 e. The number of aliphatic carboxylic acids is 1. The molecule has 1 N–H and O–H groups in total. The third kappa shape index (κ3) is 2.14. The first kappa shape index (κ1) is 13.0. The van der Waals surface area contributed by atoms with Crippen LogP contribution < -0.4 is 4.74 Å². The molecule has 0 radical (unpaired) electrons.